The number of nitrogens with one attached hydrogen (secondary N) is 1. The third-order valence-corrected chi connectivity index (χ3v) is 6.63. The molecule has 29 heavy (non-hydrogen) atoms. The van der Waals surface area contributed by atoms with E-state index in [2.05, 4.69) is 25.1 Å². The van der Waals surface area contributed by atoms with E-state index in [-0.39, 0.29) is 5.38 Å². The average Bonchev–Trinajstić information content (AvgIpc) is 3.40. The normalized spacial score (nSPS) is 21.7. The van der Waals surface area contributed by atoms with Crippen LogP contribution in [0.2, 0.25) is 5.02 Å². The molecule has 3 aliphatic rings. The van der Waals surface area contributed by atoms with E-state index in [1.54, 1.807) is 6.20 Å². The van der Waals surface area contributed by atoms with E-state index < -0.39 is 0 Å². The number of hydrogen-bond acceptors (Lipinski definition) is 6. The molecule has 2 aliphatic heterocycles. The molecule has 2 aromatic rings. The maximum Gasteiger partial charge on any atom is 0.229 e. The topological polar surface area (TPSA) is 56.7 Å². The zero-order chi connectivity index (χ0) is 19.8. The summed E-state index contributed by atoms with van der Waals surface area (Å²) in [6.45, 7) is 2.58. The van der Waals surface area contributed by atoms with Crippen molar-refractivity contribution < 1.29 is 0 Å². The van der Waals surface area contributed by atoms with Gasteiger partial charge < -0.3 is 15.1 Å². The molecule has 0 spiro atoms. The van der Waals surface area contributed by atoms with Crippen molar-refractivity contribution in [2.75, 3.05) is 34.8 Å². The molecular formula is C21H24Cl2N6. The molecule has 2 fully saturated rings. The molecule has 1 N–H and O–H groups in total. The van der Waals surface area contributed by atoms with Gasteiger partial charge in [-0.25, -0.2) is 4.98 Å². The first-order valence-electron chi connectivity index (χ1n) is 10.3. The highest BCUT2D eigenvalue weighted by Crippen LogP contribution is 2.36. The number of hydrogen-bond donors (Lipinski definition) is 1. The molecule has 0 amide bonds. The number of benzene rings is 1. The smallest absolute Gasteiger partial charge is 0.229 e. The molecule has 6 nitrogen and oxygen atoms in total. The monoisotopic (exact) mass is 430 g/mol. The third kappa shape index (κ3) is 3.88. The Morgan fingerprint density at radius 3 is 2.76 bits per heavy atom. The highest BCUT2D eigenvalue weighted by atomic mass is 35.5. The molecule has 5 rings (SSSR count). The summed E-state index contributed by atoms with van der Waals surface area (Å²) in [6, 6.07) is 6.52. The number of rotatable bonds is 4. The molecule has 0 bridgehead atoms. The lowest BCUT2D eigenvalue weighted by molar-refractivity contribution is 0.631. The molecule has 1 aromatic carbocycles. The van der Waals surface area contributed by atoms with Crippen LogP contribution in [0, 0.1) is 0 Å². The summed E-state index contributed by atoms with van der Waals surface area (Å²) in [5.41, 5.74) is 2.73. The first-order chi connectivity index (χ1) is 14.2. The maximum absolute atomic E-state index is 6.56. The molecule has 152 valence electrons. The Kier molecular flexibility index (Phi) is 5.22. The van der Waals surface area contributed by atoms with Gasteiger partial charge in [-0.15, -0.1) is 11.6 Å². The van der Waals surface area contributed by atoms with E-state index >= 15 is 0 Å². The number of halogens is 2. The van der Waals surface area contributed by atoms with E-state index in [0.29, 0.717) is 17.0 Å². The lowest BCUT2D eigenvalue weighted by Crippen LogP contribution is -2.37. The van der Waals surface area contributed by atoms with E-state index in [1.165, 1.54) is 25.7 Å². The molecule has 3 heterocycles. The molecule has 1 aromatic heterocycles. The second kappa shape index (κ2) is 8.00. The quantitative estimate of drug-likeness (QED) is 0.678. The Labute approximate surface area is 180 Å². The second-order valence-corrected chi connectivity index (χ2v) is 8.95. The first-order valence-corrected chi connectivity index (χ1v) is 11.1. The molecule has 1 atom stereocenters. The molecule has 0 radical (unpaired) electrons. The number of nitrogens with zero attached hydrogens (tertiary/aromatic N) is 5. The van der Waals surface area contributed by atoms with E-state index in [0.717, 1.165) is 48.9 Å². The lowest BCUT2D eigenvalue weighted by Gasteiger charge is -2.31. The fourth-order valence-corrected chi connectivity index (χ4v) is 5.05. The van der Waals surface area contributed by atoms with Crippen molar-refractivity contribution >= 4 is 58.2 Å². The van der Waals surface area contributed by atoms with Gasteiger partial charge in [-0.3, -0.25) is 4.99 Å². The van der Waals surface area contributed by atoms with Gasteiger partial charge >= 0.3 is 0 Å². The summed E-state index contributed by atoms with van der Waals surface area (Å²) in [7, 11) is 0. The summed E-state index contributed by atoms with van der Waals surface area (Å²) in [4.78, 5) is 18.3. The van der Waals surface area contributed by atoms with Gasteiger partial charge in [0.25, 0.3) is 0 Å². The van der Waals surface area contributed by atoms with Crippen LogP contribution in [0.4, 0.5) is 28.8 Å². The van der Waals surface area contributed by atoms with Crippen molar-refractivity contribution in [3.63, 3.8) is 0 Å². The van der Waals surface area contributed by atoms with Gasteiger partial charge in [0, 0.05) is 31.0 Å². The van der Waals surface area contributed by atoms with Gasteiger partial charge in [-0.1, -0.05) is 24.4 Å². The van der Waals surface area contributed by atoms with Crippen molar-refractivity contribution in [2.24, 2.45) is 4.99 Å². The van der Waals surface area contributed by atoms with Gasteiger partial charge in [-0.2, -0.15) is 4.98 Å². The summed E-state index contributed by atoms with van der Waals surface area (Å²) >= 11 is 12.8. The minimum absolute atomic E-state index is 0.193. The Bertz CT molecular complexity index is 927. The highest BCUT2D eigenvalue weighted by Gasteiger charge is 2.27. The number of aliphatic imine (C=N–C) groups is 1. The predicted molar refractivity (Wildman–Crippen MR) is 121 cm³/mol. The van der Waals surface area contributed by atoms with Crippen molar-refractivity contribution in [2.45, 2.75) is 43.5 Å². The largest absolute Gasteiger partial charge is 0.369 e. The molecule has 1 unspecified atom stereocenters. The van der Waals surface area contributed by atoms with E-state index in [4.69, 9.17) is 28.2 Å². The Morgan fingerprint density at radius 1 is 1.14 bits per heavy atom. The van der Waals surface area contributed by atoms with Crippen LogP contribution in [0.25, 0.3) is 0 Å². The molecule has 1 aliphatic carbocycles. The fraction of sp³-hybridized carbons (Fsp3) is 0.476. The van der Waals surface area contributed by atoms with Crippen LogP contribution in [0.5, 0.6) is 0 Å². The van der Waals surface area contributed by atoms with Crippen molar-refractivity contribution in [3.05, 3.63) is 29.4 Å². The SMILES string of the molecule is Clc1cc(Nc2ncc3c(n2)N(C2CCCC2)CC=N3)ccc1N1CCC(Cl)C1. The number of fused-ring (bicyclic) bond motifs is 1. The summed E-state index contributed by atoms with van der Waals surface area (Å²) in [6.07, 6.45) is 9.75. The standard InChI is InChI=1S/C21H24Cl2N6/c22-14-7-9-28(13-14)19-6-5-15(11-17(19)23)26-21-25-12-18-20(27-21)29(10-8-24-18)16-3-1-2-4-16/h5-6,8,11-12,14,16H,1-4,7,9-10,13H2,(H,25,26,27). The van der Waals surface area contributed by atoms with Crippen molar-refractivity contribution in [1.29, 1.82) is 0 Å². The Morgan fingerprint density at radius 2 is 2.00 bits per heavy atom. The van der Waals surface area contributed by atoms with Crippen LogP contribution >= 0.6 is 23.2 Å². The van der Waals surface area contributed by atoms with Gasteiger partial charge in [0.1, 0.15) is 5.69 Å². The second-order valence-electron chi connectivity index (χ2n) is 7.93. The van der Waals surface area contributed by atoms with Gasteiger partial charge in [0.15, 0.2) is 5.82 Å². The molecule has 1 saturated carbocycles. The fourth-order valence-electron chi connectivity index (χ4n) is 4.49. The lowest BCUT2D eigenvalue weighted by atomic mass is 10.2. The average molecular weight is 431 g/mol. The van der Waals surface area contributed by atoms with Crippen molar-refractivity contribution in [1.82, 2.24) is 9.97 Å². The summed E-state index contributed by atoms with van der Waals surface area (Å²) in [5.74, 6) is 1.49. The number of aromatic nitrogens is 2. The van der Waals surface area contributed by atoms with Crippen LogP contribution in [-0.2, 0) is 0 Å². The van der Waals surface area contributed by atoms with Crippen LogP contribution in [0.1, 0.15) is 32.1 Å². The third-order valence-electron chi connectivity index (χ3n) is 5.97. The molecular weight excluding hydrogens is 407 g/mol. The maximum atomic E-state index is 6.56. The van der Waals surface area contributed by atoms with Gasteiger partial charge in [0.2, 0.25) is 5.95 Å². The zero-order valence-corrected chi connectivity index (χ0v) is 17.7. The van der Waals surface area contributed by atoms with Crippen LogP contribution < -0.4 is 15.1 Å². The number of alkyl halides is 1. The summed E-state index contributed by atoms with van der Waals surface area (Å²) in [5, 5.41) is 4.20. The van der Waals surface area contributed by atoms with Gasteiger partial charge in [-0.05, 0) is 37.5 Å². The summed E-state index contributed by atoms with van der Waals surface area (Å²) < 4.78 is 0. The van der Waals surface area contributed by atoms with Crippen LogP contribution in [-0.4, -0.2) is 47.2 Å². The first kappa shape index (κ1) is 18.9. The minimum Gasteiger partial charge on any atom is -0.369 e. The van der Waals surface area contributed by atoms with Gasteiger partial charge in [0.05, 0.1) is 28.8 Å². The van der Waals surface area contributed by atoms with Crippen LogP contribution in [0.15, 0.2) is 29.4 Å². The molecule has 1 saturated heterocycles. The van der Waals surface area contributed by atoms with Crippen LogP contribution in [0.3, 0.4) is 0 Å². The predicted octanol–water partition coefficient (Wildman–Crippen LogP) is 5.16. The Balaban J connectivity index is 1.36. The Hall–Kier alpha value is -2.05. The highest BCUT2D eigenvalue weighted by molar-refractivity contribution is 6.33. The van der Waals surface area contributed by atoms with E-state index in [9.17, 15) is 0 Å². The molecule has 8 heteroatoms. The number of anilines is 4. The minimum atomic E-state index is 0.193. The van der Waals surface area contributed by atoms with E-state index in [1.807, 2.05) is 24.4 Å². The zero-order valence-electron chi connectivity index (χ0n) is 16.2. The van der Waals surface area contributed by atoms with Crippen molar-refractivity contribution in [3.8, 4) is 0 Å².